The smallest absolute Gasteiger partial charge is 0.248 e. The number of hydrogen-bond donors (Lipinski definition) is 2. The third-order valence-corrected chi connectivity index (χ3v) is 4.51. The summed E-state index contributed by atoms with van der Waals surface area (Å²) in [7, 11) is -2.45. The maximum absolute atomic E-state index is 12.2. The largest absolute Gasteiger partial charge is 0.495 e. The lowest BCUT2D eigenvalue weighted by Crippen LogP contribution is -2.14. The number of amides is 1. The van der Waals surface area contributed by atoms with E-state index in [1.54, 1.807) is 6.08 Å². The Bertz CT molecular complexity index is 934. The zero-order valence-corrected chi connectivity index (χ0v) is 15.1. The van der Waals surface area contributed by atoms with E-state index in [2.05, 4.69) is 5.32 Å². The summed E-state index contributed by atoms with van der Waals surface area (Å²) in [6.45, 7) is 3.96. The van der Waals surface area contributed by atoms with Crippen molar-refractivity contribution in [3.8, 4) is 5.75 Å². The van der Waals surface area contributed by atoms with E-state index in [9.17, 15) is 13.2 Å². The Hall–Kier alpha value is -2.64. The van der Waals surface area contributed by atoms with Gasteiger partial charge in [0.15, 0.2) is 0 Å². The van der Waals surface area contributed by atoms with Crippen LogP contribution in [0.15, 0.2) is 47.4 Å². The van der Waals surface area contributed by atoms with Crippen molar-refractivity contribution in [1.82, 2.24) is 0 Å². The Balaban J connectivity index is 2.23. The lowest BCUT2D eigenvalue weighted by molar-refractivity contribution is -0.111. The molecule has 132 valence electrons. The van der Waals surface area contributed by atoms with E-state index in [0.29, 0.717) is 5.75 Å². The normalized spacial score (nSPS) is 11.5. The molecule has 3 N–H and O–H groups in total. The number of anilines is 1. The summed E-state index contributed by atoms with van der Waals surface area (Å²) in [6.07, 6.45) is 3.07. The summed E-state index contributed by atoms with van der Waals surface area (Å²) in [5.41, 5.74) is 3.34. The zero-order chi connectivity index (χ0) is 18.6. The Morgan fingerprint density at radius 2 is 1.88 bits per heavy atom. The highest BCUT2D eigenvalue weighted by atomic mass is 32.2. The van der Waals surface area contributed by atoms with Crippen molar-refractivity contribution in [2.24, 2.45) is 5.14 Å². The fourth-order valence-corrected chi connectivity index (χ4v) is 2.85. The fraction of sp³-hybridized carbons (Fsp3) is 0.167. The molecule has 0 spiro atoms. The van der Waals surface area contributed by atoms with Gasteiger partial charge in [0.05, 0.1) is 17.7 Å². The van der Waals surface area contributed by atoms with Gasteiger partial charge in [-0.3, -0.25) is 4.79 Å². The molecular weight excluding hydrogens is 340 g/mol. The van der Waals surface area contributed by atoms with Gasteiger partial charge in [0.25, 0.3) is 0 Å². The molecule has 0 fully saturated rings. The van der Waals surface area contributed by atoms with Gasteiger partial charge in [0, 0.05) is 6.08 Å². The summed E-state index contributed by atoms with van der Waals surface area (Å²) in [6, 6.07) is 9.92. The maximum Gasteiger partial charge on any atom is 0.248 e. The van der Waals surface area contributed by atoms with Crippen LogP contribution in [0.25, 0.3) is 6.08 Å². The Kier molecular flexibility index (Phi) is 5.61. The van der Waals surface area contributed by atoms with Gasteiger partial charge in [-0.15, -0.1) is 0 Å². The Morgan fingerprint density at radius 3 is 2.48 bits per heavy atom. The molecule has 2 rings (SSSR count). The number of aryl methyl sites for hydroxylation is 2. The van der Waals surface area contributed by atoms with Crippen LogP contribution in [-0.4, -0.2) is 21.4 Å². The first-order valence-corrected chi connectivity index (χ1v) is 9.02. The van der Waals surface area contributed by atoms with Crippen LogP contribution >= 0.6 is 0 Å². The zero-order valence-electron chi connectivity index (χ0n) is 14.2. The number of methoxy groups -OCH3 is 1. The molecule has 0 aliphatic heterocycles. The van der Waals surface area contributed by atoms with Gasteiger partial charge in [-0.05, 0) is 49.2 Å². The lowest BCUT2D eigenvalue weighted by atomic mass is 10.1. The summed E-state index contributed by atoms with van der Waals surface area (Å²) >= 11 is 0. The van der Waals surface area contributed by atoms with Crippen molar-refractivity contribution in [2.45, 2.75) is 18.7 Å². The Labute approximate surface area is 147 Å². The van der Waals surface area contributed by atoms with E-state index in [0.717, 1.165) is 16.7 Å². The molecule has 0 aliphatic rings. The number of hydrogen-bond acceptors (Lipinski definition) is 4. The average Bonchev–Trinajstić information content (AvgIpc) is 2.53. The first kappa shape index (κ1) is 18.7. The Morgan fingerprint density at radius 1 is 1.16 bits per heavy atom. The number of sulfonamides is 1. The average molecular weight is 360 g/mol. The van der Waals surface area contributed by atoms with E-state index >= 15 is 0 Å². The van der Waals surface area contributed by atoms with Crippen LogP contribution in [0.4, 0.5) is 5.69 Å². The van der Waals surface area contributed by atoms with E-state index in [4.69, 9.17) is 9.88 Å². The third kappa shape index (κ3) is 4.91. The minimum atomic E-state index is -3.88. The fourth-order valence-electron chi connectivity index (χ4n) is 2.31. The van der Waals surface area contributed by atoms with Crippen LogP contribution in [0.3, 0.4) is 0 Å². The number of carbonyl (C=O) groups excluding carboxylic acids is 1. The second kappa shape index (κ2) is 7.50. The highest BCUT2D eigenvalue weighted by Crippen LogP contribution is 2.27. The van der Waals surface area contributed by atoms with Crippen LogP contribution in [0.2, 0.25) is 0 Å². The predicted octanol–water partition coefficient (Wildman–Crippen LogP) is 2.61. The molecule has 0 heterocycles. The van der Waals surface area contributed by atoms with Gasteiger partial charge in [0.2, 0.25) is 15.9 Å². The van der Waals surface area contributed by atoms with Crippen LogP contribution in [-0.2, 0) is 14.8 Å². The van der Waals surface area contributed by atoms with Crippen molar-refractivity contribution in [3.05, 3.63) is 59.2 Å². The van der Waals surface area contributed by atoms with Crippen molar-refractivity contribution in [2.75, 3.05) is 12.4 Å². The SMILES string of the molecule is COc1ccc(S(N)(=O)=O)cc1NC(=O)/C=C/c1ccc(C)cc1C. The summed E-state index contributed by atoms with van der Waals surface area (Å²) < 4.78 is 28.0. The molecule has 25 heavy (non-hydrogen) atoms. The molecule has 2 aromatic carbocycles. The van der Waals surface area contributed by atoms with Crippen molar-refractivity contribution >= 4 is 27.7 Å². The molecule has 0 unspecified atom stereocenters. The quantitative estimate of drug-likeness (QED) is 0.801. The van der Waals surface area contributed by atoms with Crippen LogP contribution in [0, 0.1) is 13.8 Å². The first-order chi connectivity index (χ1) is 11.7. The van der Waals surface area contributed by atoms with Gasteiger partial charge >= 0.3 is 0 Å². The molecule has 2 aromatic rings. The van der Waals surface area contributed by atoms with E-state index in [1.165, 1.54) is 31.4 Å². The molecule has 7 heteroatoms. The van der Waals surface area contributed by atoms with Crippen LogP contribution in [0.5, 0.6) is 5.75 Å². The number of primary sulfonamides is 1. The van der Waals surface area contributed by atoms with Crippen LogP contribution < -0.4 is 15.2 Å². The molecular formula is C18H20N2O4S. The van der Waals surface area contributed by atoms with Crippen molar-refractivity contribution in [1.29, 1.82) is 0 Å². The standard InChI is InChI=1S/C18H20N2O4S/c1-12-4-5-14(13(2)10-12)6-9-18(21)20-16-11-15(25(19,22)23)7-8-17(16)24-3/h4-11H,1-3H3,(H,20,21)(H2,19,22,23)/b9-6+. The van der Waals surface area contributed by atoms with Crippen molar-refractivity contribution < 1.29 is 17.9 Å². The number of nitrogens with two attached hydrogens (primary N) is 1. The summed E-state index contributed by atoms with van der Waals surface area (Å²) in [4.78, 5) is 12.0. The highest BCUT2D eigenvalue weighted by molar-refractivity contribution is 7.89. The summed E-state index contributed by atoms with van der Waals surface area (Å²) in [5.74, 6) is -0.0782. The second-order valence-corrected chi connectivity index (χ2v) is 7.15. The van der Waals surface area contributed by atoms with Gasteiger partial charge in [-0.1, -0.05) is 23.8 Å². The van der Waals surface area contributed by atoms with Gasteiger partial charge in [-0.2, -0.15) is 0 Å². The van der Waals surface area contributed by atoms with E-state index in [-0.39, 0.29) is 10.6 Å². The number of nitrogens with one attached hydrogen (secondary N) is 1. The lowest BCUT2D eigenvalue weighted by Gasteiger charge is -2.10. The minimum absolute atomic E-state index is 0.109. The molecule has 0 saturated carbocycles. The molecule has 0 saturated heterocycles. The topological polar surface area (TPSA) is 98.5 Å². The van der Waals surface area contributed by atoms with Gasteiger partial charge in [-0.25, -0.2) is 13.6 Å². The maximum atomic E-state index is 12.2. The number of benzene rings is 2. The van der Waals surface area contributed by atoms with Gasteiger partial charge < -0.3 is 10.1 Å². The molecule has 0 atom stereocenters. The number of carbonyl (C=O) groups is 1. The highest BCUT2D eigenvalue weighted by Gasteiger charge is 2.13. The molecule has 6 nitrogen and oxygen atoms in total. The number of ether oxygens (including phenoxy) is 1. The third-order valence-electron chi connectivity index (χ3n) is 3.60. The minimum Gasteiger partial charge on any atom is -0.495 e. The molecule has 0 bridgehead atoms. The van der Waals surface area contributed by atoms with E-state index in [1.807, 2.05) is 32.0 Å². The van der Waals surface area contributed by atoms with Crippen LogP contribution in [0.1, 0.15) is 16.7 Å². The first-order valence-electron chi connectivity index (χ1n) is 7.48. The molecule has 0 aliphatic carbocycles. The second-order valence-electron chi connectivity index (χ2n) is 5.59. The molecule has 1 amide bonds. The number of rotatable bonds is 5. The molecule has 0 aromatic heterocycles. The van der Waals surface area contributed by atoms with E-state index < -0.39 is 15.9 Å². The summed E-state index contributed by atoms with van der Waals surface area (Å²) in [5, 5.41) is 7.72. The monoisotopic (exact) mass is 360 g/mol. The van der Waals surface area contributed by atoms with Crippen molar-refractivity contribution in [3.63, 3.8) is 0 Å². The van der Waals surface area contributed by atoms with Gasteiger partial charge in [0.1, 0.15) is 5.75 Å². The molecule has 0 radical (unpaired) electrons. The predicted molar refractivity (Wildman–Crippen MR) is 97.9 cm³/mol.